The van der Waals surface area contributed by atoms with Crippen LogP contribution in [-0.4, -0.2) is 17.9 Å². The highest BCUT2D eigenvalue weighted by Crippen LogP contribution is 2.27. The first kappa shape index (κ1) is 14.8. The molecule has 0 radical (unpaired) electrons. The Kier molecular flexibility index (Phi) is 4.39. The Bertz CT molecular complexity index is 703. The van der Waals surface area contributed by atoms with Crippen LogP contribution in [0.1, 0.15) is 10.4 Å². The highest BCUT2D eigenvalue weighted by atomic mass is 35.5. The standard InChI is InChI=1S/C14H11ClN2O4/c1-21-13-6-5-10(8-12(13)15)16-14(18)9-3-2-4-11(7-9)17(19)20/h2-8H,1H3,(H,16,18). The molecule has 0 spiro atoms. The summed E-state index contributed by atoms with van der Waals surface area (Å²) < 4.78 is 5.01. The number of non-ortho nitro benzene ring substituents is 1. The second kappa shape index (κ2) is 6.23. The number of methoxy groups -OCH3 is 1. The molecule has 7 heteroatoms. The Hall–Kier alpha value is -2.60. The molecule has 2 rings (SSSR count). The normalized spacial score (nSPS) is 10.0. The second-order valence-electron chi connectivity index (χ2n) is 4.11. The molecule has 0 fully saturated rings. The van der Waals surface area contributed by atoms with Crippen LogP contribution in [0.2, 0.25) is 5.02 Å². The van der Waals surface area contributed by atoms with Gasteiger partial charge in [0.1, 0.15) is 5.75 Å². The molecule has 1 amide bonds. The van der Waals surface area contributed by atoms with Gasteiger partial charge in [-0.3, -0.25) is 14.9 Å². The molecule has 2 aromatic rings. The molecule has 21 heavy (non-hydrogen) atoms. The predicted octanol–water partition coefficient (Wildman–Crippen LogP) is 3.51. The molecule has 0 aliphatic rings. The number of nitro benzene ring substituents is 1. The van der Waals surface area contributed by atoms with Crippen molar-refractivity contribution in [3.8, 4) is 5.75 Å². The minimum atomic E-state index is -0.555. The van der Waals surface area contributed by atoms with Gasteiger partial charge in [0.25, 0.3) is 11.6 Å². The molecule has 2 aromatic carbocycles. The Morgan fingerprint density at radius 1 is 1.29 bits per heavy atom. The third-order valence-corrected chi connectivity index (χ3v) is 3.02. The minimum Gasteiger partial charge on any atom is -0.495 e. The molecule has 0 aliphatic heterocycles. The van der Waals surface area contributed by atoms with Gasteiger partial charge in [-0.05, 0) is 24.3 Å². The quantitative estimate of drug-likeness (QED) is 0.692. The van der Waals surface area contributed by atoms with Crippen molar-refractivity contribution in [2.45, 2.75) is 0 Å². The molecule has 0 saturated carbocycles. The van der Waals surface area contributed by atoms with Gasteiger partial charge in [0.05, 0.1) is 17.1 Å². The smallest absolute Gasteiger partial charge is 0.270 e. The van der Waals surface area contributed by atoms with E-state index >= 15 is 0 Å². The molecule has 6 nitrogen and oxygen atoms in total. The van der Waals surface area contributed by atoms with Crippen molar-refractivity contribution in [1.82, 2.24) is 0 Å². The van der Waals surface area contributed by atoms with Crippen molar-refractivity contribution in [3.05, 3.63) is 63.2 Å². The van der Waals surface area contributed by atoms with E-state index in [2.05, 4.69) is 5.32 Å². The van der Waals surface area contributed by atoms with E-state index in [1.165, 1.54) is 37.4 Å². The fourth-order valence-corrected chi connectivity index (χ4v) is 1.97. The number of hydrogen-bond acceptors (Lipinski definition) is 4. The summed E-state index contributed by atoms with van der Waals surface area (Å²) in [5.41, 5.74) is 0.517. The van der Waals surface area contributed by atoms with E-state index in [0.717, 1.165) is 0 Å². The number of ether oxygens (including phenoxy) is 1. The number of carbonyl (C=O) groups excluding carboxylic acids is 1. The Morgan fingerprint density at radius 2 is 2.05 bits per heavy atom. The molecule has 108 valence electrons. The number of amides is 1. The van der Waals surface area contributed by atoms with Crippen molar-refractivity contribution in [2.75, 3.05) is 12.4 Å². The summed E-state index contributed by atoms with van der Waals surface area (Å²) in [5, 5.41) is 13.7. The fourth-order valence-electron chi connectivity index (χ4n) is 1.71. The average molecular weight is 307 g/mol. The summed E-state index contributed by atoms with van der Waals surface area (Å²) in [6.45, 7) is 0. The predicted molar refractivity (Wildman–Crippen MR) is 79.1 cm³/mol. The summed E-state index contributed by atoms with van der Waals surface area (Å²) in [7, 11) is 1.49. The summed E-state index contributed by atoms with van der Waals surface area (Å²) in [4.78, 5) is 22.2. The maximum Gasteiger partial charge on any atom is 0.270 e. The van der Waals surface area contributed by atoms with Gasteiger partial charge in [-0.25, -0.2) is 0 Å². The molecule has 0 aromatic heterocycles. The zero-order valence-electron chi connectivity index (χ0n) is 11.0. The van der Waals surface area contributed by atoms with Gasteiger partial charge >= 0.3 is 0 Å². The van der Waals surface area contributed by atoms with Crippen LogP contribution in [0.15, 0.2) is 42.5 Å². The lowest BCUT2D eigenvalue weighted by Gasteiger charge is -2.08. The zero-order chi connectivity index (χ0) is 15.4. The number of hydrogen-bond donors (Lipinski definition) is 1. The molecule has 0 unspecified atom stereocenters. The van der Waals surface area contributed by atoms with Crippen molar-refractivity contribution < 1.29 is 14.5 Å². The van der Waals surface area contributed by atoms with Crippen LogP contribution in [-0.2, 0) is 0 Å². The van der Waals surface area contributed by atoms with E-state index in [0.29, 0.717) is 16.5 Å². The zero-order valence-corrected chi connectivity index (χ0v) is 11.8. The third-order valence-electron chi connectivity index (χ3n) is 2.73. The second-order valence-corrected chi connectivity index (χ2v) is 4.52. The maximum atomic E-state index is 12.0. The van der Waals surface area contributed by atoms with E-state index in [-0.39, 0.29) is 11.3 Å². The van der Waals surface area contributed by atoms with Crippen molar-refractivity contribution in [3.63, 3.8) is 0 Å². The van der Waals surface area contributed by atoms with Crippen molar-refractivity contribution in [1.29, 1.82) is 0 Å². The lowest BCUT2D eigenvalue weighted by atomic mass is 10.2. The van der Waals surface area contributed by atoms with Gasteiger partial charge in [-0.1, -0.05) is 17.7 Å². The van der Waals surface area contributed by atoms with Crippen LogP contribution in [0.4, 0.5) is 11.4 Å². The van der Waals surface area contributed by atoms with Gasteiger partial charge in [-0.15, -0.1) is 0 Å². The molecule has 0 atom stereocenters. The van der Waals surface area contributed by atoms with Crippen LogP contribution in [0.5, 0.6) is 5.75 Å². The van der Waals surface area contributed by atoms with E-state index < -0.39 is 10.8 Å². The van der Waals surface area contributed by atoms with Crippen LogP contribution < -0.4 is 10.1 Å². The Morgan fingerprint density at radius 3 is 2.67 bits per heavy atom. The fraction of sp³-hybridized carbons (Fsp3) is 0.0714. The Labute approximate surface area is 125 Å². The highest BCUT2D eigenvalue weighted by Gasteiger charge is 2.12. The van der Waals surface area contributed by atoms with Crippen LogP contribution in [0, 0.1) is 10.1 Å². The number of carbonyl (C=O) groups is 1. The van der Waals surface area contributed by atoms with E-state index in [9.17, 15) is 14.9 Å². The summed E-state index contributed by atoms with van der Waals surface area (Å²) in [5.74, 6) is 0.0324. The van der Waals surface area contributed by atoms with Gasteiger partial charge in [0.15, 0.2) is 0 Å². The molecule has 1 N–H and O–H groups in total. The summed E-state index contributed by atoms with van der Waals surface area (Å²) in [6.07, 6.45) is 0. The van der Waals surface area contributed by atoms with Crippen molar-refractivity contribution in [2.24, 2.45) is 0 Å². The van der Waals surface area contributed by atoms with E-state index in [1.54, 1.807) is 12.1 Å². The highest BCUT2D eigenvalue weighted by molar-refractivity contribution is 6.32. The van der Waals surface area contributed by atoms with Crippen molar-refractivity contribution >= 4 is 28.9 Å². The lowest BCUT2D eigenvalue weighted by molar-refractivity contribution is -0.384. The largest absolute Gasteiger partial charge is 0.495 e. The molecule has 0 heterocycles. The van der Waals surface area contributed by atoms with Crippen LogP contribution >= 0.6 is 11.6 Å². The van der Waals surface area contributed by atoms with Crippen LogP contribution in [0.25, 0.3) is 0 Å². The van der Waals surface area contributed by atoms with Gasteiger partial charge in [-0.2, -0.15) is 0 Å². The number of nitrogens with zero attached hydrogens (tertiary/aromatic N) is 1. The van der Waals surface area contributed by atoms with E-state index in [4.69, 9.17) is 16.3 Å². The first-order chi connectivity index (χ1) is 10.0. The number of rotatable bonds is 4. The maximum absolute atomic E-state index is 12.0. The minimum absolute atomic E-state index is 0.143. The number of nitrogens with one attached hydrogen (secondary N) is 1. The SMILES string of the molecule is COc1ccc(NC(=O)c2cccc([N+](=O)[O-])c2)cc1Cl. The molecule has 0 saturated heterocycles. The monoisotopic (exact) mass is 306 g/mol. The summed E-state index contributed by atoms with van der Waals surface area (Å²) in [6, 6.07) is 10.3. The van der Waals surface area contributed by atoms with Gasteiger partial charge < -0.3 is 10.1 Å². The first-order valence-corrected chi connectivity index (χ1v) is 6.28. The lowest BCUT2D eigenvalue weighted by Crippen LogP contribution is -2.12. The van der Waals surface area contributed by atoms with Crippen LogP contribution in [0.3, 0.4) is 0 Å². The Balaban J connectivity index is 2.20. The number of halogens is 1. The number of nitro groups is 1. The van der Waals surface area contributed by atoms with Gasteiger partial charge in [0.2, 0.25) is 0 Å². The molecular weight excluding hydrogens is 296 g/mol. The molecular formula is C14H11ClN2O4. The summed E-state index contributed by atoms with van der Waals surface area (Å²) >= 11 is 5.96. The third kappa shape index (κ3) is 3.49. The topological polar surface area (TPSA) is 81.5 Å². The first-order valence-electron chi connectivity index (χ1n) is 5.90. The number of anilines is 1. The number of benzene rings is 2. The molecule has 0 aliphatic carbocycles. The molecule has 0 bridgehead atoms. The van der Waals surface area contributed by atoms with E-state index in [1.807, 2.05) is 0 Å². The average Bonchev–Trinajstić information content (AvgIpc) is 2.47. The van der Waals surface area contributed by atoms with Gasteiger partial charge in [0, 0.05) is 23.4 Å².